The Bertz CT molecular complexity index is 521. The summed E-state index contributed by atoms with van der Waals surface area (Å²) in [5.74, 6) is 0. The summed E-state index contributed by atoms with van der Waals surface area (Å²) in [7, 11) is -0.532. The number of rotatable bonds is 2. The van der Waals surface area contributed by atoms with Crippen molar-refractivity contribution < 1.29 is 9.31 Å². The number of hydrogen-bond acceptors (Lipinski definition) is 4. The maximum atomic E-state index is 11.7. The molecule has 1 saturated heterocycles. The van der Waals surface area contributed by atoms with E-state index in [-0.39, 0.29) is 11.6 Å². The Morgan fingerprint density at radius 1 is 1.16 bits per heavy atom. The van der Waals surface area contributed by atoms with Crippen LogP contribution in [-0.4, -0.2) is 28.1 Å². The molecule has 0 aliphatic carbocycles. The van der Waals surface area contributed by atoms with Crippen LogP contribution in [0.2, 0.25) is 0 Å². The van der Waals surface area contributed by atoms with Crippen LogP contribution in [0.4, 0.5) is 0 Å². The van der Waals surface area contributed by atoms with E-state index in [0.717, 1.165) is 0 Å². The molecular formula is C13H21BN2O3. The summed E-state index contributed by atoms with van der Waals surface area (Å²) >= 11 is 0. The van der Waals surface area contributed by atoms with Crippen LogP contribution >= 0.6 is 0 Å². The molecule has 0 aromatic carbocycles. The maximum absolute atomic E-state index is 11.7. The minimum absolute atomic E-state index is 0.00914. The molecule has 1 fully saturated rings. The number of hydrogen-bond donors (Lipinski definition) is 0. The Morgan fingerprint density at radius 2 is 1.68 bits per heavy atom. The second-order valence-electron chi connectivity index (χ2n) is 6.22. The van der Waals surface area contributed by atoms with Crippen LogP contribution in [0.3, 0.4) is 0 Å². The summed E-state index contributed by atoms with van der Waals surface area (Å²) < 4.78 is 13.3. The van der Waals surface area contributed by atoms with Gasteiger partial charge < -0.3 is 9.31 Å². The highest BCUT2D eigenvalue weighted by atomic mass is 16.7. The molecule has 0 bridgehead atoms. The van der Waals surface area contributed by atoms with Crippen molar-refractivity contribution in [1.29, 1.82) is 0 Å². The largest absolute Gasteiger partial charge is 0.516 e. The molecule has 0 amide bonds. The third-order valence-electron chi connectivity index (χ3n) is 3.83. The maximum Gasteiger partial charge on any atom is 0.516 e. The molecule has 1 aliphatic rings. The van der Waals surface area contributed by atoms with Gasteiger partial charge in [-0.15, -0.1) is 0 Å². The Labute approximate surface area is 114 Å². The minimum atomic E-state index is -0.532. The Morgan fingerprint density at radius 3 is 2.16 bits per heavy atom. The highest BCUT2D eigenvalue weighted by Crippen LogP contribution is 2.36. The first-order valence-corrected chi connectivity index (χ1v) is 6.59. The Hall–Kier alpha value is -1.14. The van der Waals surface area contributed by atoms with Gasteiger partial charge in [-0.1, -0.05) is 0 Å². The van der Waals surface area contributed by atoms with Crippen LogP contribution in [0.25, 0.3) is 0 Å². The molecule has 5 nitrogen and oxygen atoms in total. The molecule has 1 aromatic rings. The average molecular weight is 264 g/mol. The zero-order valence-corrected chi connectivity index (χ0v) is 12.4. The Balaban J connectivity index is 2.35. The molecule has 0 radical (unpaired) electrons. The third-order valence-corrected chi connectivity index (χ3v) is 3.83. The molecule has 2 heterocycles. The molecule has 0 atom stereocenters. The van der Waals surface area contributed by atoms with E-state index in [9.17, 15) is 4.79 Å². The zero-order chi connectivity index (χ0) is 14.4. The van der Waals surface area contributed by atoms with Crippen molar-refractivity contribution in [3.05, 3.63) is 22.5 Å². The number of aromatic nitrogens is 2. The van der Waals surface area contributed by atoms with Crippen molar-refractivity contribution in [1.82, 2.24) is 9.78 Å². The van der Waals surface area contributed by atoms with Crippen molar-refractivity contribution in [2.45, 2.75) is 58.8 Å². The first-order chi connectivity index (χ1) is 8.64. The lowest BCUT2D eigenvalue weighted by molar-refractivity contribution is 0.00578. The van der Waals surface area contributed by atoms with Crippen LogP contribution in [0, 0.1) is 0 Å². The van der Waals surface area contributed by atoms with Crippen molar-refractivity contribution in [2.24, 2.45) is 0 Å². The number of nitrogens with zero attached hydrogens (tertiary/aromatic N) is 2. The first-order valence-electron chi connectivity index (χ1n) is 6.59. The van der Waals surface area contributed by atoms with E-state index in [2.05, 4.69) is 5.10 Å². The molecule has 0 unspecified atom stereocenters. The monoisotopic (exact) mass is 264 g/mol. The van der Waals surface area contributed by atoms with E-state index >= 15 is 0 Å². The van der Waals surface area contributed by atoms with Gasteiger partial charge in [-0.05, 0) is 47.6 Å². The predicted molar refractivity (Wildman–Crippen MR) is 74.6 cm³/mol. The van der Waals surface area contributed by atoms with Gasteiger partial charge in [-0.3, -0.25) is 4.79 Å². The fourth-order valence-corrected chi connectivity index (χ4v) is 1.90. The van der Waals surface area contributed by atoms with Crippen LogP contribution in [0.5, 0.6) is 0 Å². The average Bonchev–Trinajstić information content (AvgIpc) is 2.48. The molecule has 19 heavy (non-hydrogen) atoms. The molecule has 0 spiro atoms. The van der Waals surface area contributed by atoms with Gasteiger partial charge in [0.25, 0.3) is 5.56 Å². The second-order valence-corrected chi connectivity index (χ2v) is 6.22. The zero-order valence-electron chi connectivity index (χ0n) is 12.4. The quantitative estimate of drug-likeness (QED) is 0.751. The molecule has 0 N–H and O–H groups in total. The lowest BCUT2D eigenvalue weighted by Gasteiger charge is -2.32. The third kappa shape index (κ3) is 2.47. The fraction of sp³-hybridized carbons (Fsp3) is 0.692. The van der Waals surface area contributed by atoms with E-state index in [0.29, 0.717) is 5.59 Å². The van der Waals surface area contributed by atoms with E-state index in [1.165, 1.54) is 10.7 Å². The molecule has 2 rings (SSSR count). The summed E-state index contributed by atoms with van der Waals surface area (Å²) in [5.41, 5.74) is -0.293. The van der Waals surface area contributed by atoms with Crippen LogP contribution in [0.1, 0.15) is 47.6 Å². The van der Waals surface area contributed by atoms with E-state index in [1.54, 1.807) is 6.07 Å². The van der Waals surface area contributed by atoms with Gasteiger partial charge in [0, 0.05) is 6.07 Å². The van der Waals surface area contributed by atoms with Crippen LogP contribution < -0.4 is 11.2 Å². The van der Waals surface area contributed by atoms with Crippen LogP contribution in [0.15, 0.2) is 16.9 Å². The second kappa shape index (κ2) is 4.46. The normalized spacial score (nSPS) is 21.1. The van der Waals surface area contributed by atoms with Gasteiger partial charge in [0.15, 0.2) is 0 Å². The van der Waals surface area contributed by atoms with E-state index in [1.807, 2.05) is 41.5 Å². The predicted octanol–water partition coefficient (Wildman–Crippen LogP) is 1.12. The van der Waals surface area contributed by atoms with Gasteiger partial charge >= 0.3 is 7.12 Å². The van der Waals surface area contributed by atoms with Crippen molar-refractivity contribution in [3.8, 4) is 0 Å². The highest BCUT2D eigenvalue weighted by molar-refractivity contribution is 6.61. The first kappa shape index (κ1) is 14.3. The summed E-state index contributed by atoms with van der Waals surface area (Å²) in [6, 6.07) is 3.19. The van der Waals surface area contributed by atoms with Crippen LogP contribution in [-0.2, 0) is 9.31 Å². The van der Waals surface area contributed by atoms with Gasteiger partial charge in [0.2, 0.25) is 0 Å². The molecule has 1 aliphatic heterocycles. The Kier molecular flexibility index (Phi) is 3.35. The lowest BCUT2D eigenvalue weighted by Crippen LogP contribution is -2.41. The van der Waals surface area contributed by atoms with Crippen molar-refractivity contribution in [2.75, 3.05) is 0 Å². The summed E-state index contributed by atoms with van der Waals surface area (Å²) in [6.07, 6.45) is 0. The van der Waals surface area contributed by atoms with Gasteiger partial charge in [0.1, 0.15) is 0 Å². The fourth-order valence-electron chi connectivity index (χ4n) is 1.90. The molecular weight excluding hydrogens is 243 g/mol. The van der Waals surface area contributed by atoms with Crippen molar-refractivity contribution >= 4 is 12.7 Å². The summed E-state index contributed by atoms with van der Waals surface area (Å²) in [4.78, 5) is 11.7. The highest BCUT2D eigenvalue weighted by Gasteiger charge is 2.52. The molecule has 1 aromatic heterocycles. The van der Waals surface area contributed by atoms with Gasteiger partial charge in [-0.2, -0.15) is 5.10 Å². The summed E-state index contributed by atoms with van der Waals surface area (Å²) in [5, 5.41) is 4.34. The standard InChI is InChI=1S/C13H21BN2O3/c1-9(2)16-11(17)8-7-10(15-16)14-18-12(3,4)13(5,6)19-14/h7-9H,1-6H3. The van der Waals surface area contributed by atoms with Gasteiger partial charge in [-0.25, -0.2) is 4.68 Å². The van der Waals surface area contributed by atoms with E-state index in [4.69, 9.17) is 9.31 Å². The molecule has 0 saturated carbocycles. The molecule has 104 valence electrons. The summed E-state index contributed by atoms with van der Waals surface area (Å²) in [6.45, 7) is 11.8. The topological polar surface area (TPSA) is 53.4 Å². The SMILES string of the molecule is CC(C)n1nc(B2OC(C)(C)C(C)(C)O2)ccc1=O. The van der Waals surface area contributed by atoms with Gasteiger partial charge in [0.05, 0.1) is 22.8 Å². The molecule has 6 heteroatoms. The smallest absolute Gasteiger partial charge is 0.398 e. The van der Waals surface area contributed by atoms with E-state index < -0.39 is 18.3 Å². The lowest BCUT2D eigenvalue weighted by atomic mass is 9.84. The minimum Gasteiger partial charge on any atom is -0.398 e. The van der Waals surface area contributed by atoms with Crippen molar-refractivity contribution in [3.63, 3.8) is 0 Å².